The van der Waals surface area contributed by atoms with Gasteiger partial charge in [-0.3, -0.25) is 4.79 Å². The van der Waals surface area contributed by atoms with Crippen LogP contribution in [0.2, 0.25) is 0 Å². The quantitative estimate of drug-likeness (QED) is 0.566. The van der Waals surface area contributed by atoms with Crippen molar-refractivity contribution >= 4 is 5.78 Å². The second-order valence-electron chi connectivity index (χ2n) is 4.56. The predicted molar refractivity (Wildman–Crippen MR) is 43.0 cm³/mol. The Bertz CT molecular complexity index is 222. The molecule has 2 saturated carbocycles. The van der Waals surface area contributed by atoms with Crippen LogP contribution in [0.15, 0.2) is 0 Å². The number of Topliss-reactive ketones (excluding diaryl/α,β-unsaturated/α-hetero) is 1. The Balaban J connectivity index is 2.47. The van der Waals surface area contributed by atoms with Crippen molar-refractivity contribution in [1.82, 2.24) is 0 Å². The van der Waals surface area contributed by atoms with Crippen LogP contribution in [0.4, 0.5) is 0 Å². The Morgan fingerprint density at radius 1 is 1.55 bits per heavy atom. The van der Waals surface area contributed by atoms with Gasteiger partial charge in [-0.1, -0.05) is 13.8 Å². The standard InChI is InChI=1S/C9H15NO/c1-8(2)6-3-4-9(8,10)7(11)5-6/h6H,3-5,10H2,1-2H3/t6?,9-/m1/s1. The van der Waals surface area contributed by atoms with Gasteiger partial charge < -0.3 is 5.73 Å². The number of ketones is 1. The Labute approximate surface area is 67.1 Å². The molecule has 11 heavy (non-hydrogen) atoms. The van der Waals surface area contributed by atoms with Crippen molar-refractivity contribution in [1.29, 1.82) is 0 Å². The number of carbonyl (C=O) groups excluding carboxylic acids is 1. The van der Waals surface area contributed by atoms with Crippen molar-refractivity contribution < 1.29 is 4.79 Å². The van der Waals surface area contributed by atoms with E-state index in [0.29, 0.717) is 11.7 Å². The van der Waals surface area contributed by atoms with Gasteiger partial charge in [0.2, 0.25) is 0 Å². The maximum atomic E-state index is 11.4. The molecule has 0 spiro atoms. The van der Waals surface area contributed by atoms with Gasteiger partial charge in [0.25, 0.3) is 0 Å². The average molecular weight is 153 g/mol. The first-order chi connectivity index (χ1) is 4.98. The highest BCUT2D eigenvalue weighted by Gasteiger charge is 2.62. The van der Waals surface area contributed by atoms with E-state index in [9.17, 15) is 4.79 Å². The number of hydrogen-bond donors (Lipinski definition) is 1. The topological polar surface area (TPSA) is 43.1 Å². The lowest BCUT2D eigenvalue weighted by Gasteiger charge is -2.32. The number of nitrogens with two attached hydrogens (primary N) is 1. The summed E-state index contributed by atoms with van der Waals surface area (Å²) in [6, 6.07) is 0. The van der Waals surface area contributed by atoms with Crippen LogP contribution in [-0.2, 0) is 4.79 Å². The van der Waals surface area contributed by atoms with E-state index >= 15 is 0 Å². The summed E-state index contributed by atoms with van der Waals surface area (Å²) in [5.41, 5.74) is 5.66. The summed E-state index contributed by atoms with van der Waals surface area (Å²) >= 11 is 0. The molecule has 0 aromatic rings. The zero-order chi connectivity index (χ0) is 8.28. The van der Waals surface area contributed by atoms with E-state index in [2.05, 4.69) is 13.8 Å². The zero-order valence-corrected chi connectivity index (χ0v) is 7.18. The summed E-state index contributed by atoms with van der Waals surface area (Å²) in [6.07, 6.45) is 2.78. The molecule has 2 heteroatoms. The maximum absolute atomic E-state index is 11.4. The van der Waals surface area contributed by atoms with E-state index < -0.39 is 5.54 Å². The fourth-order valence-corrected chi connectivity index (χ4v) is 2.71. The minimum Gasteiger partial charge on any atom is -0.319 e. The summed E-state index contributed by atoms with van der Waals surface area (Å²) in [5.74, 6) is 0.846. The number of fused-ring (bicyclic) bond motifs is 2. The molecule has 2 fully saturated rings. The van der Waals surface area contributed by atoms with Gasteiger partial charge in [0, 0.05) is 6.42 Å². The summed E-state index contributed by atoms with van der Waals surface area (Å²) in [6.45, 7) is 4.27. The predicted octanol–water partition coefficient (Wildman–Crippen LogP) is 1.09. The lowest BCUT2D eigenvalue weighted by Crippen LogP contribution is -2.51. The molecule has 0 amide bonds. The molecule has 2 atom stereocenters. The SMILES string of the molecule is CC1(C)C2CC[C@@]1(N)C(=O)C2. The number of hydrogen-bond acceptors (Lipinski definition) is 2. The molecule has 1 unspecified atom stereocenters. The van der Waals surface area contributed by atoms with Gasteiger partial charge in [-0.15, -0.1) is 0 Å². The van der Waals surface area contributed by atoms with Crippen molar-refractivity contribution in [2.75, 3.05) is 0 Å². The van der Waals surface area contributed by atoms with Crippen LogP contribution in [0.25, 0.3) is 0 Å². The molecule has 2 rings (SSSR count). The van der Waals surface area contributed by atoms with Crippen LogP contribution in [0, 0.1) is 11.3 Å². The third-order valence-corrected chi connectivity index (χ3v) is 3.99. The van der Waals surface area contributed by atoms with Crippen LogP contribution in [0.5, 0.6) is 0 Å². The van der Waals surface area contributed by atoms with E-state index in [-0.39, 0.29) is 5.41 Å². The Morgan fingerprint density at radius 2 is 2.18 bits per heavy atom. The maximum Gasteiger partial charge on any atom is 0.153 e. The highest BCUT2D eigenvalue weighted by Crippen LogP contribution is 2.56. The summed E-state index contributed by atoms with van der Waals surface area (Å²) in [5, 5.41) is 0. The van der Waals surface area contributed by atoms with Crippen molar-refractivity contribution in [2.45, 2.75) is 38.6 Å². The molecule has 0 aliphatic heterocycles. The number of rotatable bonds is 0. The van der Waals surface area contributed by atoms with Crippen molar-refractivity contribution in [3.8, 4) is 0 Å². The van der Waals surface area contributed by atoms with Gasteiger partial charge in [-0.25, -0.2) is 0 Å². The molecule has 2 nitrogen and oxygen atoms in total. The minimum absolute atomic E-state index is 0.0596. The Kier molecular flexibility index (Phi) is 1.12. The lowest BCUT2D eigenvalue weighted by molar-refractivity contribution is -0.124. The molecular weight excluding hydrogens is 138 g/mol. The van der Waals surface area contributed by atoms with Gasteiger partial charge in [-0.2, -0.15) is 0 Å². The molecule has 0 radical (unpaired) electrons. The smallest absolute Gasteiger partial charge is 0.153 e. The van der Waals surface area contributed by atoms with Gasteiger partial charge in [0.05, 0.1) is 5.54 Å². The molecule has 62 valence electrons. The van der Waals surface area contributed by atoms with Crippen molar-refractivity contribution in [3.63, 3.8) is 0 Å². The minimum atomic E-state index is -0.475. The summed E-state index contributed by atoms with van der Waals surface area (Å²) in [4.78, 5) is 11.4. The van der Waals surface area contributed by atoms with Crippen LogP contribution in [0.1, 0.15) is 33.1 Å². The van der Waals surface area contributed by atoms with E-state index in [1.165, 1.54) is 0 Å². The second-order valence-corrected chi connectivity index (χ2v) is 4.56. The first-order valence-electron chi connectivity index (χ1n) is 4.31. The Hall–Kier alpha value is -0.370. The molecule has 0 aromatic heterocycles. The van der Waals surface area contributed by atoms with Crippen molar-refractivity contribution in [2.24, 2.45) is 17.1 Å². The molecule has 2 aliphatic rings. The largest absolute Gasteiger partial charge is 0.319 e. The van der Waals surface area contributed by atoms with Crippen LogP contribution in [-0.4, -0.2) is 11.3 Å². The van der Waals surface area contributed by atoms with Crippen LogP contribution < -0.4 is 5.73 Å². The highest BCUT2D eigenvalue weighted by atomic mass is 16.1. The summed E-state index contributed by atoms with van der Waals surface area (Å²) in [7, 11) is 0. The molecular formula is C9H15NO. The number of carbonyl (C=O) groups is 1. The lowest BCUT2D eigenvalue weighted by atomic mass is 9.77. The van der Waals surface area contributed by atoms with Crippen LogP contribution in [0.3, 0.4) is 0 Å². The van der Waals surface area contributed by atoms with Gasteiger partial charge in [0.1, 0.15) is 0 Å². The van der Waals surface area contributed by atoms with Gasteiger partial charge in [0.15, 0.2) is 5.78 Å². The third-order valence-electron chi connectivity index (χ3n) is 3.99. The van der Waals surface area contributed by atoms with Crippen molar-refractivity contribution in [3.05, 3.63) is 0 Å². The zero-order valence-electron chi connectivity index (χ0n) is 7.18. The van der Waals surface area contributed by atoms with E-state index in [1.807, 2.05) is 0 Å². The Morgan fingerprint density at radius 3 is 2.36 bits per heavy atom. The first-order valence-corrected chi connectivity index (χ1v) is 4.31. The first kappa shape index (κ1) is 7.29. The highest BCUT2D eigenvalue weighted by molar-refractivity contribution is 5.93. The normalized spacial score (nSPS) is 46.8. The van der Waals surface area contributed by atoms with Crippen LogP contribution >= 0.6 is 0 Å². The second kappa shape index (κ2) is 1.69. The van der Waals surface area contributed by atoms with E-state index in [0.717, 1.165) is 19.3 Å². The fraction of sp³-hybridized carbons (Fsp3) is 0.889. The van der Waals surface area contributed by atoms with Gasteiger partial charge >= 0.3 is 0 Å². The summed E-state index contributed by atoms with van der Waals surface area (Å²) < 4.78 is 0. The molecule has 2 N–H and O–H groups in total. The monoisotopic (exact) mass is 153 g/mol. The molecule has 0 aromatic carbocycles. The molecule has 2 aliphatic carbocycles. The molecule has 2 bridgehead atoms. The van der Waals surface area contributed by atoms with E-state index in [1.54, 1.807) is 0 Å². The third kappa shape index (κ3) is 0.598. The fourth-order valence-electron chi connectivity index (χ4n) is 2.71. The van der Waals surface area contributed by atoms with E-state index in [4.69, 9.17) is 5.73 Å². The molecule has 0 saturated heterocycles. The average Bonchev–Trinajstić information content (AvgIpc) is 2.20. The molecule has 0 heterocycles. The van der Waals surface area contributed by atoms with Gasteiger partial charge in [-0.05, 0) is 24.2 Å².